The first-order valence-electron chi connectivity index (χ1n) is 20.2. The molecule has 0 unspecified atom stereocenters. The van der Waals surface area contributed by atoms with E-state index < -0.39 is 0 Å². The Balaban J connectivity index is 1.11. The Hall–Kier alpha value is -7.22. The predicted molar refractivity (Wildman–Crippen MR) is 246 cm³/mol. The van der Waals surface area contributed by atoms with Crippen LogP contribution in [0, 0.1) is 0 Å². The number of hydrogen-bond donors (Lipinski definition) is 0. The van der Waals surface area contributed by atoms with Gasteiger partial charge in [-0.1, -0.05) is 202 Å². The van der Waals surface area contributed by atoms with Gasteiger partial charge in [-0.15, -0.1) is 0 Å². The largest absolute Gasteiger partial charge is 0.310 e. The van der Waals surface area contributed by atoms with Crippen molar-refractivity contribution in [1.29, 1.82) is 0 Å². The van der Waals surface area contributed by atoms with Crippen molar-refractivity contribution >= 4 is 17.1 Å². The highest BCUT2D eigenvalue weighted by Gasteiger charge is 2.37. The molecule has 0 N–H and O–H groups in total. The molecule has 1 aliphatic carbocycles. The summed E-state index contributed by atoms with van der Waals surface area (Å²) in [5.74, 6) is 0. The first-order valence-corrected chi connectivity index (χ1v) is 20.2. The standard InChI is InChI=1S/C57H43N/c1-57(2)53-26-14-12-24-51(53)56-50(25-16-27-54(56)57)49-23-13-15-28-55(49)58(46-34-29-41(30-35-46)40-17-6-3-7-18-40)47-36-31-42(32-37-47)45-33-38-48(43-19-8-4-9-20-43)52(39-45)44-21-10-5-11-22-44/h3-39H,1-2H3. The fourth-order valence-corrected chi connectivity index (χ4v) is 8.99. The van der Waals surface area contributed by atoms with Gasteiger partial charge in [0.15, 0.2) is 0 Å². The van der Waals surface area contributed by atoms with Gasteiger partial charge in [0.1, 0.15) is 0 Å². The first kappa shape index (κ1) is 35.2. The lowest BCUT2D eigenvalue weighted by Crippen LogP contribution is -2.14. The fraction of sp³-hybridized carbons (Fsp3) is 0.0526. The van der Waals surface area contributed by atoms with Gasteiger partial charge in [0.05, 0.1) is 5.69 Å². The van der Waals surface area contributed by atoms with E-state index in [-0.39, 0.29) is 5.41 Å². The van der Waals surface area contributed by atoms with Gasteiger partial charge >= 0.3 is 0 Å². The van der Waals surface area contributed by atoms with Crippen molar-refractivity contribution in [2.45, 2.75) is 19.3 Å². The van der Waals surface area contributed by atoms with Crippen LogP contribution >= 0.6 is 0 Å². The van der Waals surface area contributed by atoms with Gasteiger partial charge in [-0.05, 0) is 109 Å². The summed E-state index contributed by atoms with van der Waals surface area (Å²) >= 11 is 0. The molecule has 0 aromatic heterocycles. The van der Waals surface area contributed by atoms with Crippen LogP contribution in [0.15, 0.2) is 224 Å². The number of anilines is 3. The molecule has 0 spiro atoms. The third-order valence-electron chi connectivity index (χ3n) is 11.9. The van der Waals surface area contributed by atoms with Crippen LogP contribution in [0.4, 0.5) is 17.1 Å². The minimum atomic E-state index is -0.0840. The van der Waals surface area contributed by atoms with Gasteiger partial charge < -0.3 is 4.90 Å². The van der Waals surface area contributed by atoms with E-state index in [9.17, 15) is 0 Å². The van der Waals surface area contributed by atoms with E-state index >= 15 is 0 Å². The third-order valence-corrected chi connectivity index (χ3v) is 11.9. The normalized spacial score (nSPS) is 12.4. The van der Waals surface area contributed by atoms with Gasteiger partial charge in [-0.3, -0.25) is 0 Å². The van der Waals surface area contributed by atoms with Crippen LogP contribution in [-0.2, 0) is 5.41 Å². The number of rotatable bonds is 8. The van der Waals surface area contributed by atoms with E-state index in [4.69, 9.17) is 0 Å². The molecule has 0 aliphatic heterocycles. The summed E-state index contributed by atoms with van der Waals surface area (Å²) in [5, 5.41) is 0. The molecule has 1 aliphatic rings. The lowest BCUT2D eigenvalue weighted by atomic mass is 9.82. The zero-order valence-electron chi connectivity index (χ0n) is 32.8. The summed E-state index contributed by atoms with van der Waals surface area (Å²) < 4.78 is 0. The van der Waals surface area contributed by atoms with Crippen molar-refractivity contribution in [2.75, 3.05) is 4.90 Å². The van der Waals surface area contributed by atoms with Gasteiger partial charge in [-0.2, -0.15) is 0 Å². The van der Waals surface area contributed by atoms with Crippen LogP contribution in [0.5, 0.6) is 0 Å². The van der Waals surface area contributed by atoms with E-state index in [1.165, 1.54) is 77.9 Å². The van der Waals surface area contributed by atoms with Crippen molar-refractivity contribution in [3.05, 3.63) is 236 Å². The lowest BCUT2D eigenvalue weighted by molar-refractivity contribution is 0.660. The second kappa shape index (κ2) is 14.7. The second-order valence-electron chi connectivity index (χ2n) is 15.7. The molecule has 9 aromatic rings. The Morgan fingerprint density at radius 3 is 1.38 bits per heavy atom. The Labute approximate surface area is 342 Å². The molecular weight excluding hydrogens is 699 g/mol. The average Bonchev–Trinajstić information content (AvgIpc) is 3.54. The molecular formula is C57H43N. The SMILES string of the molecule is CC1(C)c2ccccc2-c2c(-c3ccccc3N(c3ccc(-c4ccccc4)cc3)c3ccc(-c4ccc(-c5ccccc5)c(-c5ccccc5)c4)cc3)cccc21. The number of para-hydroxylation sites is 1. The average molecular weight is 742 g/mol. The summed E-state index contributed by atoms with van der Waals surface area (Å²) in [5.41, 5.74) is 20.8. The molecule has 9 aromatic carbocycles. The molecule has 1 heteroatoms. The molecule has 0 saturated carbocycles. The van der Waals surface area contributed by atoms with Crippen molar-refractivity contribution in [3.63, 3.8) is 0 Å². The third kappa shape index (κ3) is 6.22. The number of benzene rings is 9. The van der Waals surface area contributed by atoms with Crippen LogP contribution in [0.3, 0.4) is 0 Å². The van der Waals surface area contributed by atoms with E-state index in [0.29, 0.717) is 0 Å². The Bertz CT molecular complexity index is 2870. The highest BCUT2D eigenvalue weighted by atomic mass is 15.1. The van der Waals surface area contributed by atoms with Crippen molar-refractivity contribution < 1.29 is 0 Å². The lowest BCUT2D eigenvalue weighted by Gasteiger charge is -2.29. The van der Waals surface area contributed by atoms with Gasteiger partial charge in [0, 0.05) is 22.4 Å². The highest BCUT2D eigenvalue weighted by Crippen LogP contribution is 2.53. The molecule has 276 valence electrons. The quantitative estimate of drug-likeness (QED) is 0.150. The second-order valence-corrected chi connectivity index (χ2v) is 15.7. The van der Waals surface area contributed by atoms with E-state index in [2.05, 4.69) is 243 Å². The summed E-state index contributed by atoms with van der Waals surface area (Å²) in [4.78, 5) is 2.42. The van der Waals surface area contributed by atoms with Gasteiger partial charge in [-0.25, -0.2) is 0 Å². The maximum Gasteiger partial charge on any atom is 0.0540 e. The molecule has 0 bridgehead atoms. The van der Waals surface area contributed by atoms with Gasteiger partial charge in [0.2, 0.25) is 0 Å². The summed E-state index contributed by atoms with van der Waals surface area (Å²) in [7, 11) is 0. The molecule has 0 atom stereocenters. The van der Waals surface area contributed by atoms with E-state index in [1.807, 2.05) is 0 Å². The predicted octanol–water partition coefficient (Wildman–Crippen LogP) is 15.8. The first-order chi connectivity index (χ1) is 28.5. The molecule has 10 rings (SSSR count). The molecule has 1 nitrogen and oxygen atoms in total. The minimum absolute atomic E-state index is 0.0840. The molecule has 0 fully saturated rings. The Kier molecular flexibility index (Phi) is 8.92. The van der Waals surface area contributed by atoms with Gasteiger partial charge in [0.25, 0.3) is 0 Å². The molecule has 0 radical (unpaired) electrons. The van der Waals surface area contributed by atoms with Crippen LogP contribution in [-0.4, -0.2) is 0 Å². The maximum absolute atomic E-state index is 2.42. The molecule has 0 amide bonds. The zero-order valence-corrected chi connectivity index (χ0v) is 32.8. The summed E-state index contributed by atoms with van der Waals surface area (Å²) in [6.45, 7) is 4.71. The van der Waals surface area contributed by atoms with Crippen LogP contribution in [0.2, 0.25) is 0 Å². The molecule has 58 heavy (non-hydrogen) atoms. The topological polar surface area (TPSA) is 3.24 Å². The van der Waals surface area contributed by atoms with Crippen LogP contribution in [0.1, 0.15) is 25.0 Å². The van der Waals surface area contributed by atoms with Crippen molar-refractivity contribution in [2.24, 2.45) is 0 Å². The fourth-order valence-electron chi connectivity index (χ4n) is 8.99. The zero-order chi connectivity index (χ0) is 39.1. The van der Waals surface area contributed by atoms with E-state index in [1.54, 1.807) is 0 Å². The van der Waals surface area contributed by atoms with Crippen LogP contribution < -0.4 is 4.90 Å². The number of nitrogens with zero attached hydrogens (tertiary/aromatic N) is 1. The Morgan fingerprint density at radius 1 is 0.293 bits per heavy atom. The monoisotopic (exact) mass is 741 g/mol. The number of fused-ring (bicyclic) bond motifs is 3. The minimum Gasteiger partial charge on any atom is -0.310 e. The van der Waals surface area contributed by atoms with Crippen molar-refractivity contribution in [1.82, 2.24) is 0 Å². The smallest absolute Gasteiger partial charge is 0.0540 e. The maximum atomic E-state index is 2.42. The summed E-state index contributed by atoms with van der Waals surface area (Å²) in [6, 6.07) is 81.7. The molecule has 0 saturated heterocycles. The highest BCUT2D eigenvalue weighted by molar-refractivity contribution is 5.98. The summed E-state index contributed by atoms with van der Waals surface area (Å²) in [6.07, 6.45) is 0. The van der Waals surface area contributed by atoms with Crippen molar-refractivity contribution in [3.8, 4) is 66.8 Å². The van der Waals surface area contributed by atoms with Crippen LogP contribution in [0.25, 0.3) is 66.8 Å². The van der Waals surface area contributed by atoms with E-state index in [0.717, 1.165) is 17.1 Å². The Morgan fingerprint density at radius 2 is 0.741 bits per heavy atom. The number of hydrogen-bond acceptors (Lipinski definition) is 1. The molecule has 0 heterocycles.